The Morgan fingerprint density at radius 1 is 1.09 bits per heavy atom. The molecule has 0 radical (unpaired) electrons. The van der Waals surface area contributed by atoms with Crippen LogP contribution in [-0.4, -0.2) is 11.3 Å². The molecular formula is C9H21NS. The highest BCUT2D eigenvalue weighted by Gasteiger charge is 2.20. The van der Waals surface area contributed by atoms with Crippen molar-refractivity contribution in [1.29, 1.82) is 0 Å². The van der Waals surface area contributed by atoms with Crippen molar-refractivity contribution >= 4 is 12.6 Å². The smallest absolute Gasteiger partial charge is 0.0161 e. The number of nitrogens with two attached hydrogens (primary N) is 1. The molecule has 0 atom stereocenters. The second-order valence-electron chi connectivity index (χ2n) is 3.34. The van der Waals surface area contributed by atoms with Gasteiger partial charge in [-0.05, 0) is 25.0 Å². The minimum atomic E-state index is 0.0747. The Kier molecular flexibility index (Phi) is 6.06. The van der Waals surface area contributed by atoms with Crippen LogP contribution in [0.4, 0.5) is 0 Å². The quantitative estimate of drug-likeness (QED) is 0.596. The van der Waals surface area contributed by atoms with Crippen LogP contribution < -0.4 is 5.73 Å². The topological polar surface area (TPSA) is 26.0 Å². The molecular weight excluding hydrogens is 154 g/mol. The van der Waals surface area contributed by atoms with Gasteiger partial charge in [0.15, 0.2) is 0 Å². The molecule has 0 aliphatic heterocycles. The van der Waals surface area contributed by atoms with Gasteiger partial charge in [-0.3, -0.25) is 0 Å². The SMILES string of the molecule is CCCC(N)(CCC)CCS. The van der Waals surface area contributed by atoms with Crippen molar-refractivity contribution < 1.29 is 0 Å². The van der Waals surface area contributed by atoms with E-state index >= 15 is 0 Å². The van der Waals surface area contributed by atoms with Crippen molar-refractivity contribution in [3.63, 3.8) is 0 Å². The minimum Gasteiger partial charge on any atom is -0.325 e. The number of hydrogen-bond acceptors (Lipinski definition) is 2. The second-order valence-corrected chi connectivity index (χ2v) is 3.78. The molecule has 0 aliphatic rings. The van der Waals surface area contributed by atoms with Gasteiger partial charge < -0.3 is 5.73 Å². The van der Waals surface area contributed by atoms with Crippen LogP contribution in [0.5, 0.6) is 0 Å². The summed E-state index contributed by atoms with van der Waals surface area (Å²) >= 11 is 4.22. The molecule has 0 aromatic carbocycles. The van der Waals surface area contributed by atoms with E-state index in [9.17, 15) is 0 Å². The first-order valence-electron chi connectivity index (χ1n) is 4.58. The van der Waals surface area contributed by atoms with Crippen LogP contribution >= 0.6 is 12.6 Å². The molecule has 2 N–H and O–H groups in total. The molecule has 11 heavy (non-hydrogen) atoms. The van der Waals surface area contributed by atoms with E-state index in [2.05, 4.69) is 26.5 Å². The summed E-state index contributed by atoms with van der Waals surface area (Å²) in [6.45, 7) is 4.38. The molecule has 68 valence electrons. The molecule has 0 aliphatic carbocycles. The summed E-state index contributed by atoms with van der Waals surface area (Å²) < 4.78 is 0. The Bertz CT molecular complexity index is 76.5. The fourth-order valence-electron chi connectivity index (χ4n) is 1.59. The highest BCUT2D eigenvalue weighted by molar-refractivity contribution is 7.80. The van der Waals surface area contributed by atoms with Gasteiger partial charge >= 0.3 is 0 Å². The zero-order chi connectivity index (χ0) is 8.74. The lowest BCUT2D eigenvalue weighted by atomic mass is 9.87. The predicted octanol–water partition coefficient (Wildman–Crippen LogP) is 2.60. The Morgan fingerprint density at radius 2 is 1.55 bits per heavy atom. The van der Waals surface area contributed by atoms with Crippen molar-refractivity contribution in [2.75, 3.05) is 5.75 Å². The Labute approximate surface area is 76.2 Å². The van der Waals surface area contributed by atoms with E-state index in [4.69, 9.17) is 5.73 Å². The van der Waals surface area contributed by atoms with E-state index in [0.29, 0.717) is 0 Å². The fraction of sp³-hybridized carbons (Fsp3) is 1.00. The van der Waals surface area contributed by atoms with Gasteiger partial charge in [-0.1, -0.05) is 26.7 Å². The first-order chi connectivity index (χ1) is 5.18. The van der Waals surface area contributed by atoms with Crippen LogP contribution in [0.3, 0.4) is 0 Å². The summed E-state index contributed by atoms with van der Waals surface area (Å²) in [5.41, 5.74) is 6.26. The molecule has 0 bridgehead atoms. The van der Waals surface area contributed by atoms with Gasteiger partial charge in [-0.25, -0.2) is 0 Å². The van der Waals surface area contributed by atoms with Crippen molar-refractivity contribution in [1.82, 2.24) is 0 Å². The first kappa shape index (κ1) is 11.3. The van der Waals surface area contributed by atoms with Crippen molar-refractivity contribution in [3.8, 4) is 0 Å². The van der Waals surface area contributed by atoms with E-state index in [1.807, 2.05) is 0 Å². The van der Waals surface area contributed by atoms with Crippen molar-refractivity contribution in [3.05, 3.63) is 0 Å². The summed E-state index contributed by atoms with van der Waals surface area (Å²) in [6.07, 6.45) is 5.70. The van der Waals surface area contributed by atoms with Gasteiger partial charge in [0.25, 0.3) is 0 Å². The van der Waals surface area contributed by atoms with Gasteiger partial charge in [-0.2, -0.15) is 12.6 Å². The standard InChI is InChI=1S/C9H21NS/c1-3-5-9(10,6-4-2)7-8-11/h11H,3-8,10H2,1-2H3. The third-order valence-electron chi connectivity index (χ3n) is 2.11. The largest absolute Gasteiger partial charge is 0.325 e. The zero-order valence-corrected chi connectivity index (χ0v) is 8.66. The van der Waals surface area contributed by atoms with Crippen molar-refractivity contribution in [2.45, 2.75) is 51.5 Å². The third kappa shape index (κ3) is 4.70. The first-order valence-corrected chi connectivity index (χ1v) is 5.21. The molecule has 0 aromatic rings. The monoisotopic (exact) mass is 175 g/mol. The molecule has 0 saturated carbocycles. The lowest BCUT2D eigenvalue weighted by Gasteiger charge is -2.28. The van der Waals surface area contributed by atoms with Crippen LogP contribution in [0.1, 0.15) is 46.0 Å². The van der Waals surface area contributed by atoms with Crippen LogP contribution in [-0.2, 0) is 0 Å². The Balaban J connectivity index is 3.79. The summed E-state index contributed by atoms with van der Waals surface area (Å²) in [6, 6.07) is 0. The highest BCUT2D eigenvalue weighted by Crippen LogP contribution is 2.20. The maximum absolute atomic E-state index is 6.18. The van der Waals surface area contributed by atoms with Crippen LogP contribution in [0.15, 0.2) is 0 Å². The summed E-state index contributed by atoms with van der Waals surface area (Å²) in [5, 5.41) is 0. The molecule has 2 heteroatoms. The Hall–Kier alpha value is 0.310. The normalized spacial score (nSPS) is 12.0. The lowest BCUT2D eigenvalue weighted by Crippen LogP contribution is -2.39. The average Bonchev–Trinajstić information content (AvgIpc) is 1.88. The second kappa shape index (κ2) is 5.90. The predicted molar refractivity (Wildman–Crippen MR) is 55.2 cm³/mol. The van der Waals surface area contributed by atoms with Gasteiger partial charge in [0.1, 0.15) is 0 Å². The summed E-state index contributed by atoms with van der Waals surface area (Å²) in [4.78, 5) is 0. The van der Waals surface area contributed by atoms with E-state index in [1.165, 1.54) is 12.8 Å². The molecule has 0 aromatic heterocycles. The van der Waals surface area contributed by atoms with Gasteiger partial charge in [0.2, 0.25) is 0 Å². The van der Waals surface area contributed by atoms with E-state index in [-0.39, 0.29) is 5.54 Å². The lowest BCUT2D eigenvalue weighted by molar-refractivity contribution is 0.349. The van der Waals surface area contributed by atoms with Crippen LogP contribution in [0.2, 0.25) is 0 Å². The molecule has 0 amide bonds. The third-order valence-corrected chi connectivity index (χ3v) is 2.33. The van der Waals surface area contributed by atoms with Gasteiger partial charge in [0.05, 0.1) is 0 Å². The van der Waals surface area contributed by atoms with Crippen LogP contribution in [0, 0.1) is 0 Å². The molecule has 0 rings (SSSR count). The summed E-state index contributed by atoms with van der Waals surface area (Å²) in [7, 11) is 0. The molecule has 0 spiro atoms. The van der Waals surface area contributed by atoms with Crippen LogP contribution in [0.25, 0.3) is 0 Å². The maximum atomic E-state index is 6.18. The van der Waals surface area contributed by atoms with E-state index < -0.39 is 0 Å². The molecule has 0 unspecified atom stereocenters. The average molecular weight is 175 g/mol. The maximum Gasteiger partial charge on any atom is 0.0161 e. The van der Waals surface area contributed by atoms with Gasteiger partial charge in [0, 0.05) is 5.54 Å². The molecule has 0 heterocycles. The number of rotatable bonds is 6. The molecule has 0 fully saturated rings. The number of hydrogen-bond donors (Lipinski definition) is 2. The van der Waals surface area contributed by atoms with Crippen molar-refractivity contribution in [2.24, 2.45) is 5.73 Å². The summed E-state index contributed by atoms with van der Waals surface area (Å²) in [5.74, 6) is 0.913. The highest BCUT2D eigenvalue weighted by atomic mass is 32.1. The molecule has 0 saturated heterocycles. The van der Waals surface area contributed by atoms with E-state index in [0.717, 1.165) is 25.0 Å². The van der Waals surface area contributed by atoms with E-state index in [1.54, 1.807) is 0 Å². The number of thiol groups is 1. The Morgan fingerprint density at radius 3 is 1.82 bits per heavy atom. The minimum absolute atomic E-state index is 0.0747. The molecule has 1 nitrogen and oxygen atoms in total. The van der Waals surface area contributed by atoms with Gasteiger partial charge in [-0.15, -0.1) is 0 Å². The fourth-order valence-corrected chi connectivity index (χ4v) is 2.04. The zero-order valence-electron chi connectivity index (χ0n) is 7.77.